The summed E-state index contributed by atoms with van der Waals surface area (Å²) in [5.41, 5.74) is 0. The van der Waals surface area contributed by atoms with Gasteiger partial charge in [0.2, 0.25) is 0 Å². The van der Waals surface area contributed by atoms with Crippen molar-refractivity contribution in [3.63, 3.8) is 0 Å². The minimum atomic E-state index is -8.04. The van der Waals surface area contributed by atoms with Crippen LogP contribution >= 0.6 is 0 Å². The first-order valence-corrected chi connectivity index (χ1v) is 8.38. The van der Waals surface area contributed by atoms with Crippen molar-refractivity contribution in [1.82, 2.24) is 0 Å². The maximum Gasteiger partial charge on any atom is 0.384 e. The lowest BCUT2D eigenvalue weighted by molar-refractivity contribution is -0.442. The standard InChI is InChI=1S/C15H18F14O/c1-2-3-4-5-6-9(16,17)11(20,21)13(24,25)15(28,29)14(26,27)12(22,23)10(18,19)7-8-30/h30H,2-8H2,1H3. The van der Waals surface area contributed by atoms with Gasteiger partial charge < -0.3 is 5.11 Å². The second-order valence-electron chi connectivity index (χ2n) is 6.57. The number of aliphatic hydroxyl groups excluding tert-OH is 1. The van der Waals surface area contributed by atoms with Crippen molar-refractivity contribution in [3.05, 3.63) is 0 Å². The minimum absolute atomic E-state index is 0.137. The van der Waals surface area contributed by atoms with E-state index < -0.39 is 67.3 Å². The molecule has 0 fully saturated rings. The first-order valence-electron chi connectivity index (χ1n) is 8.38. The Morgan fingerprint density at radius 3 is 1.13 bits per heavy atom. The number of halogens is 14. The maximum atomic E-state index is 13.6. The predicted molar refractivity (Wildman–Crippen MR) is 75.1 cm³/mol. The third-order valence-electron chi connectivity index (χ3n) is 4.27. The molecule has 0 aromatic heterocycles. The summed E-state index contributed by atoms with van der Waals surface area (Å²) < 4.78 is 188. The lowest BCUT2D eigenvalue weighted by Gasteiger charge is -2.42. The first kappa shape index (κ1) is 29.0. The van der Waals surface area contributed by atoms with Crippen molar-refractivity contribution in [2.24, 2.45) is 0 Å². The van der Waals surface area contributed by atoms with Crippen molar-refractivity contribution in [2.75, 3.05) is 6.61 Å². The van der Waals surface area contributed by atoms with E-state index in [0.29, 0.717) is 6.42 Å². The molecule has 0 spiro atoms. The van der Waals surface area contributed by atoms with Gasteiger partial charge >= 0.3 is 41.5 Å². The molecule has 182 valence electrons. The van der Waals surface area contributed by atoms with Crippen molar-refractivity contribution < 1.29 is 66.6 Å². The zero-order chi connectivity index (χ0) is 24.4. The summed E-state index contributed by atoms with van der Waals surface area (Å²) >= 11 is 0. The van der Waals surface area contributed by atoms with Gasteiger partial charge in [-0.25, -0.2) is 0 Å². The van der Waals surface area contributed by atoms with Crippen molar-refractivity contribution in [2.45, 2.75) is 86.9 Å². The van der Waals surface area contributed by atoms with E-state index in [1.807, 2.05) is 0 Å². The molecule has 0 aliphatic heterocycles. The van der Waals surface area contributed by atoms with Crippen LogP contribution in [0, 0.1) is 0 Å². The van der Waals surface area contributed by atoms with Crippen molar-refractivity contribution in [3.8, 4) is 0 Å². The van der Waals surface area contributed by atoms with E-state index in [-0.39, 0.29) is 12.8 Å². The van der Waals surface area contributed by atoms with Crippen LogP contribution in [0.4, 0.5) is 61.5 Å². The quantitative estimate of drug-likeness (QED) is 0.228. The average Bonchev–Trinajstić information content (AvgIpc) is 2.57. The van der Waals surface area contributed by atoms with Gasteiger partial charge in [-0.2, -0.15) is 61.5 Å². The van der Waals surface area contributed by atoms with E-state index in [1.165, 1.54) is 6.92 Å². The molecule has 0 rings (SSSR count). The van der Waals surface area contributed by atoms with Crippen LogP contribution in [0.15, 0.2) is 0 Å². The van der Waals surface area contributed by atoms with Gasteiger partial charge in [0.1, 0.15) is 0 Å². The Kier molecular flexibility index (Phi) is 8.55. The molecule has 30 heavy (non-hydrogen) atoms. The molecular formula is C15H18F14O. The Morgan fingerprint density at radius 2 is 0.800 bits per heavy atom. The zero-order valence-corrected chi connectivity index (χ0v) is 15.2. The number of aliphatic hydroxyl groups is 1. The molecule has 0 aliphatic carbocycles. The van der Waals surface area contributed by atoms with Gasteiger partial charge in [0.05, 0.1) is 0 Å². The van der Waals surface area contributed by atoms with Crippen LogP contribution in [-0.4, -0.2) is 53.2 Å². The number of unbranched alkanes of at least 4 members (excludes halogenated alkanes) is 3. The SMILES string of the molecule is CCCCCCC(F)(F)C(F)(F)C(F)(F)C(F)(F)C(F)(F)C(F)(F)C(F)(F)CCO. The molecule has 0 saturated carbocycles. The minimum Gasteiger partial charge on any atom is -0.396 e. The normalized spacial score (nSPS) is 15.6. The Hall–Kier alpha value is -1.02. The lowest BCUT2D eigenvalue weighted by atomic mass is 9.87. The highest BCUT2D eigenvalue weighted by Crippen LogP contribution is 2.62. The van der Waals surface area contributed by atoms with E-state index in [4.69, 9.17) is 5.11 Å². The fourth-order valence-corrected chi connectivity index (χ4v) is 2.28. The number of hydrogen-bond donors (Lipinski definition) is 1. The third kappa shape index (κ3) is 4.45. The van der Waals surface area contributed by atoms with E-state index in [9.17, 15) is 61.5 Å². The van der Waals surface area contributed by atoms with Gasteiger partial charge in [-0.3, -0.25) is 0 Å². The van der Waals surface area contributed by atoms with Gasteiger partial charge in [0.25, 0.3) is 0 Å². The zero-order valence-electron chi connectivity index (χ0n) is 15.2. The van der Waals surface area contributed by atoms with Gasteiger partial charge in [-0.15, -0.1) is 0 Å². The van der Waals surface area contributed by atoms with Crippen LogP contribution in [0.25, 0.3) is 0 Å². The molecule has 0 saturated heterocycles. The highest BCUT2D eigenvalue weighted by atomic mass is 19.4. The van der Waals surface area contributed by atoms with Crippen molar-refractivity contribution in [1.29, 1.82) is 0 Å². The predicted octanol–water partition coefficient (Wildman–Crippen LogP) is 6.79. The van der Waals surface area contributed by atoms with Gasteiger partial charge in [-0.1, -0.05) is 26.2 Å². The summed E-state index contributed by atoms with van der Waals surface area (Å²) in [4.78, 5) is 0. The van der Waals surface area contributed by atoms with Gasteiger partial charge in [0.15, 0.2) is 0 Å². The summed E-state index contributed by atoms with van der Waals surface area (Å²) in [6, 6.07) is 0. The van der Waals surface area contributed by atoms with E-state index in [0.717, 1.165) is 0 Å². The Bertz CT molecular complexity index is 558. The second-order valence-corrected chi connectivity index (χ2v) is 6.57. The fourth-order valence-electron chi connectivity index (χ4n) is 2.28. The van der Waals surface area contributed by atoms with Crippen molar-refractivity contribution >= 4 is 0 Å². The molecular weight excluding hydrogens is 462 g/mol. The molecule has 0 aliphatic rings. The smallest absolute Gasteiger partial charge is 0.384 e. The maximum absolute atomic E-state index is 13.6. The van der Waals surface area contributed by atoms with E-state index >= 15 is 0 Å². The summed E-state index contributed by atoms with van der Waals surface area (Å²) in [5.74, 6) is -50.9. The fraction of sp³-hybridized carbons (Fsp3) is 1.00. The molecule has 0 heterocycles. The molecule has 0 aromatic rings. The Morgan fingerprint density at radius 1 is 0.467 bits per heavy atom. The summed E-state index contributed by atoms with van der Waals surface area (Å²) in [7, 11) is 0. The molecule has 1 nitrogen and oxygen atoms in total. The number of hydrogen-bond acceptors (Lipinski definition) is 1. The molecule has 0 aromatic carbocycles. The molecule has 0 radical (unpaired) electrons. The molecule has 0 unspecified atom stereocenters. The van der Waals surface area contributed by atoms with E-state index in [1.54, 1.807) is 0 Å². The van der Waals surface area contributed by atoms with E-state index in [2.05, 4.69) is 0 Å². The third-order valence-corrected chi connectivity index (χ3v) is 4.27. The van der Waals surface area contributed by atoms with Crippen LogP contribution in [0.3, 0.4) is 0 Å². The molecule has 1 N–H and O–H groups in total. The topological polar surface area (TPSA) is 20.2 Å². The highest BCUT2D eigenvalue weighted by Gasteiger charge is 2.92. The van der Waals surface area contributed by atoms with Gasteiger partial charge in [0, 0.05) is 19.4 Å². The second kappa shape index (κ2) is 8.85. The van der Waals surface area contributed by atoms with Gasteiger partial charge in [-0.05, 0) is 6.42 Å². The average molecular weight is 480 g/mol. The number of alkyl halides is 14. The highest BCUT2D eigenvalue weighted by molar-refractivity contribution is 5.14. The summed E-state index contributed by atoms with van der Waals surface area (Å²) in [6.45, 7) is -0.483. The summed E-state index contributed by atoms with van der Waals surface area (Å²) in [6.07, 6.45) is -5.53. The van der Waals surface area contributed by atoms with Crippen LogP contribution < -0.4 is 0 Å². The van der Waals surface area contributed by atoms with Crippen LogP contribution in [-0.2, 0) is 0 Å². The molecule has 15 heteroatoms. The first-order chi connectivity index (χ1) is 13.1. The Labute approximate surface area is 161 Å². The molecule has 0 atom stereocenters. The largest absolute Gasteiger partial charge is 0.396 e. The van der Waals surface area contributed by atoms with Crippen LogP contribution in [0.5, 0.6) is 0 Å². The monoisotopic (exact) mass is 480 g/mol. The molecule has 0 bridgehead atoms. The number of rotatable bonds is 13. The Balaban J connectivity index is 6.20. The molecule has 0 amide bonds. The van der Waals surface area contributed by atoms with Crippen LogP contribution in [0.2, 0.25) is 0 Å². The lowest BCUT2D eigenvalue weighted by Crippen LogP contribution is -2.73. The summed E-state index contributed by atoms with van der Waals surface area (Å²) in [5, 5.41) is 8.14. The van der Waals surface area contributed by atoms with Crippen LogP contribution in [0.1, 0.15) is 45.4 Å².